The highest BCUT2D eigenvalue weighted by Crippen LogP contribution is 2.17. The number of methoxy groups -OCH3 is 1. The smallest absolute Gasteiger partial charge is 0.344 e. The fourth-order valence-electron chi connectivity index (χ4n) is 2.30. The van der Waals surface area contributed by atoms with Gasteiger partial charge < -0.3 is 24.3 Å². The lowest BCUT2D eigenvalue weighted by molar-refractivity contribution is -0.156. The van der Waals surface area contributed by atoms with Crippen LogP contribution in [0, 0.1) is 0 Å². The highest BCUT2D eigenvalue weighted by atomic mass is 16.6. The second kappa shape index (κ2) is 10.8. The maximum atomic E-state index is 12.1. The molecule has 0 fully saturated rings. The van der Waals surface area contributed by atoms with Gasteiger partial charge in [-0.15, -0.1) is 0 Å². The van der Waals surface area contributed by atoms with Gasteiger partial charge in [0, 0.05) is 6.54 Å². The number of hydrogen-bond acceptors (Lipinski definition) is 6. The first kappa shape index (κ1) is 21.1. The van der Waals surface area contributed by atoms with Crippen LogP contribution < -0.4 is 19.5 Å². The molecule has 2 aromatic rings. The number of rotatable bonds is 10. The number of ether oxygens (including phenoxy) is 4. The van der Waals surface area contributed by atoms with Gasteiger partial charge in [0.2, 0.25) is 0 Å². The summed E-state index contributed by atoms with van der Waals surface area (Å²) >= 11 is 0. The highest BCUT2D eigenvalue weighted by Gasteiger charge is 2.18. The molecule has 0 saturated heterocycles. The quantitative estimate of drug-likeness (QED) is 0.631. The van der Waals surface area contributed by atoms with Crippen molar-refractivity contribution >= 4 is 11.9 Å². The van der Waals surface area contributed by atoms with Gasteiger partial charge in [0.05, 0.1) is 13.7 Å². The fourth-order valence-corrected chi connectivity index (χ4v) is 2.30. The Bertz CT molecular complexity index is 757. The molecule has 150 valence electrons. The van der Waals surface area contributed by atoms with Crippen LogP contribution in [0.25, 0.3) is 0 Å². The van der Waals surface area contributed by atoms with E-state index in [0.717, 1.165) is 17.1 Å². The van der Waals surface area contributed by atoms with E-state index >= 15 is 0 Å². The Hall–Kier alpha value is -3.22. The van der Waals surface area contributed by atoms with Crippen molar-refractivity contribution in [2.24, 2.45) is 0 Å². The monoisotopic (exact) mass is 387 g/mol. The second-order valence-corrected chi connectivity index (χ2v) is 5.89. The van der Waals surface area contributed by atoms with Gasteiger partial charge in [-0.3, -0.25) is 4.79 Å². The van der Waals surface area contributed by atoms with E-state index in [-0.39, 0.29) is 12.5 Å². The number of nitrogens with one attached hydrogen (secondary N) is 1. The molecule has 0 aliphatic carbocycles. The number of carbonyl (C=O) groups excluding carboxylic acids is 2. The average molecular weight is 387 g/mol. The summed E-state index contributed by atoms with van der Waals surface area (Å²) in [6, 6.07) is 14.2. The van der Waals surface area contributed by atoms with E-state index in [1.165, 1.54) is 6.92 Å². The molecule has 0 spiro atoms. The normalized spacial score (nSPS) is 11.2. The zero-order chi connectivity index (χ0) is 20.4. The van der Waals surface area contributed by atoms with Crippen LogP contribution in [0.15, 0.2) is 48.5 Å². The minimum Gasteiger partial charge on any atom is -0.497 e. The summed E-state index contributed by atoms with van der Waals surface area (Å²) in [5.74, 6) is 0.965. The average Bonchev–Trinajstić information content (AvgIpc) is 2.72. The summed E-state index contributed by atoms with van der Waals surface area (Å²) in [6.45, 7) is 4.02. The minimum atomic E-state index is -0.922. The first-order chi connectivity index (χ1) is 13.5. The van der Waals surface area contributed by atoms with E-state index in [0.29, 0.717) is 18.9 Å². The SMILES string of the molecule is CCOc1ccc(OCC(=O)O[C@H](C)C(=O)NCc2ccc(OC)cc2)cc1. The Balaban J connectivity index is 1.72. The third-order valence-corrected chi connectivity index (χ3v) is 3.79. The maximum Gasteiger partial charge on any atom is 0.344 e. The molecular weight excluding hydrogens is 362 g/mol. The van der Waals surface area contributed by atoms with Crippen molar-refractivity contribution in [1.29, 1.82) is 0 Å². The summed E-state index contributed by atoms with van der Waals surface area (Å²) < 4.78 is 20.9. The lowest BCUT2D eigenvalue weighted by atomic mass is 10.2. The Morgan fingerprint density at radius 3 is 2.07 bits per heavy atom. The van der Waals surface area contributed by atoms with Crippen molar-refractivity contribution < 1.29 is 28.5 Å². The molecule has 0 unspecified atom stereocenters. The van der Waals surface area contributed by atoms with Crippen LogP contribution >= 0.6 is 0 Å². The number of benzene rings is 2. The third kappa shape index (κ3) is 6.83. The number of hydrogen-bond donors (Lipinski definition) is 1. The summed E-state index contributed by atoms with van der Waals surface area (Å²) in [4.78, 5) is 24.0. The van der Waals surface area contributed by atoms with Crippen LogP contribution in [0.1, 0.15) is 19.4 Å². The summed E-state index contributed by atoms with van der Waals surface area (Å²) in [5, 5.41) is 2.72. The lowest BCUT2D eigenvalue weighted by Crippen LogP contribution is -2.36. The summed E-state index contributed by atoms with van der Waals surface area (Å²) in [6.07, 6.45) is -0.922. The molecule has 2 rings (SSSR count). The van der Waals surface area contributed by atoms with Crippen LogP contribution in [0.4, 0.5) is 0 Å². The molecule has 0 aromatic heterocycles. The molecule has 0 bridgehead atoms. The molecular formula is C21H25NO6. The van der Waals surface area contributed by atoms with E-state index in [9.17, 15) is 9.59 Å². The number of esters is 1. The molecule has 7 nitrogen and oxygen atoms in total. The third-order valence-electron chi connectivity index (χ3n) is 3.79. The standard InChI is InChI=1S/C21H25NO6/c1-4-26-18-9-11-19(12-10-18)27-14-20(23)28-15(2)21(24)22-13-16-5-7-17(25-3)8-6-16/h5-12,15H,4,13-14H2,1-3H3,(H,22,24)/t15-/m1/s1. The van der Waals surface area contributed by atoms with Gasteiger partial charge in [0.25, 0.3) is 5.91 Å². The van der Waals surface area contributed by atoms with Crippen molar-refractivity contribution in [1.82, 2.24) is 5.32 Å². The zero-order valence-corrected chi connectivity index (χ0v) is 16.3. The van der Waals surface area contributed by atoms with Crippen molar-refractivity contribution in [2.45, 2.75) is 26.5 Å². The first-order valence-electron chi connectivity index (χ1n) is 8.97. The largest absolute Gasteiger partial charge is 0.497 e. The second-order valence-electron chi connectivity index (χ2n) is 5.89. The van der Waals surface area contributed by atoms with Gasteiger partial charge in [-0.25, -0.2) is 4.79 Å². The van der Waals surface area contributed by atoms with Crippen LogP contribution in [-0.2, 0) is 20.9 Å². The van der Waals surface area contributed by atoms with Gasteiger partial charge in [0.1, 0.15) is 17.2 Å². The highest BCUT2D eigenvalue weighted by molar-refractivity contribution is 5.83. The number of amides is 1. The molecule has 1 amide bonds. The Labute approximate surface area is 164 Å². The van der Waals surface area contributed by atoms with Crippen molar-refractivity contribution in [3.05, 3.63) is 54.1 Å². The van der Waals surface area contributed by atoms with E-state index in [1.807, 2.05) is 31.2 Å². The van der Waals surface area contributed by atoms with Gasteiger partial charge in [-0.1, -0.05) is 12.1 Å². The Morgan fingerprint density at radius 1 is 0.929 bits per heavy atom. The maximum absolute atomic E-state index is 12.1. The van der Waals surface area contributed by atoms with Crippen molar-refractivity contribution in [3.8, 4) is 17.2 Å². The summed E-state index contributed by atoms with van der Waals surface area (Å²) in [5.41, 5.74) is 0.909. The van der Waals surface area contributed by atoms with Crippen LogP contribution in [0.2, 0.25) is 0 Å². The van der Waals surface area contributed by atoms with Crippen molar-refractivity contribution in [2.75, 3.05) is 20.3 Å². The predicted octanol–water partition coefficient (Wildman–Crippen LogP) is 2.72. The van der Waals surface area contributed by atoms with E-state index in [4.69, 9.17) is 18.9 Å². The fraction of sp³-hybridized carbons (Fsp3) is 0.333. The van der Waals surface area contributed by atoms with E-state index in [2.05, 4.69) is 5.32 Å². The summed E-state index contributed by atoms with van der Waals surface area (Å²) in [7, 11) is 1.59. The molecule has 28 heavy (non-hydrogen) atoms. The first-order valence-corrected chi connectivity index (χ1v) is 8.97. The molecule has 0 aliphatic rings. The molecule has 1 atom stereocenters. The lowest BCUT2D eigenvalue weighted by Gasteiger charge is -2.14. The van der Waals surface area contributed by atoms with Crippen LogP contribution in [0.3, 0.4) is 0 Å². The van der Waals surface area contributed by atoms with Gasteiger partial charge in [-0.05, 0) is 55.8 Å². The van der Waals surface area contributed by atoms with Gasteiger partial charge >= 0.3 is 5.97 Å². The van der Waals surface area contributed by atoms with Crippen LogP contribution in [-0.4, -0.2) is 38.3 Å². The Morgan fingerprint density at radius 2 is 1.50 bits per heavy atom. The van der Waals surface area contributed by atoms with Crippen LogP contribution in [0.5, 0.6) is 17.2 Å². The molecule has 7 heteroatoms. The molecule has 0 saturated carbocycles. The molecule has 1 N–H and O–H groups in total. The van der Waals surface area contributed by atoms with E-state index < -0.39 is 12.1 Å². The zero-order valence-electron chi connectivity index (χ0n) is 16.3. The molecule has 2 aromatic carbocycles. The predicted molar refractivity (Wildman–Crippen MR) is 104 cm³/mol. The minimum absolute atomic E-state index is 0.288. The molecule has 0 heterocycles. The van der Waals surface area contributed by atoms with Crippen molar-refractivity contribution in [3.63, 3.8) is 0 Å². The topological polar surface area (TPSA) is 83.1 Å². The van der Waals surface area contributed by atoms with Gasteiger partial charge in [0.15, 0.2) is 12.7 Å². The molecule has 0 aliphatic heterocycles. The van der Waals surface area contributed by atoms with Gasteiger partial charge in [-0.2, -0.15) is 0 Å². The number of carbonyl (C=O) groups is 2. The molecule has 0 radical (unpaired) electrons. The Kier molecular flexibility index (Phi) is 8.14. The van der Waals surface area contributed by atoms with E-state index in [1.54, 1.807) is 31.4 Å².